The van der Waals surface area contributed by atoms with Gasteiger partial charge >= 0.3 is 0 Å². The van der Waals surface area contributed by atoms with Crippen LogP contribution in [-0.4, -0.2) is 35.2 Å². The number of carbonyl (C=O) groups is 1. The first-order chi connectivity index (χ1) is 12.5. The number of hydrogen-bond donors (Lipinski definition) is 1. The molecule has 0 fully saturated rings. The van der Waals surface area contributed by atoms with Gasteiger partial charge in [0.25, 0.3) is 11.6 Å². The van der Waals surface area contributed by atoms with Gasteiger partial charge in [-0.1, -0.05) is 17.4 Å². The number of methoxy groups -OCH3 is 2. The summed E-state index contributed by atoms with van der Waals surface area (Å²) >= 11 is 2.67. The molecule has 0 saturated carbocycles. The van der Waals surface area contributed by atoms with E-state index in [0.717, 1.165) is 10.9 Å². The molecule has 1 N–H and O–H groups in total. The van der Waals surface area contributed by atoms with Crippen molar-refractivity contribution in [1.29, 1.82) is 0 Å². The maximum absolute atomic E-state index is 12.5. The fourth-order valence-corrected chi connectivity index (χ4v) is 3.67. The Morgan fingerprint density at radius 2 is 1.96 bits per heavy atom. The Morgan fingerprint density at radius 3 is 2.58 bits per heavy atom. The number of hydrogen-bond acceptors (Lipinski definition) is 9. The standard InChI is InChI=1S/C15H12N4O5S2/c1-23-10-6-8(9(19(21)22)7-11(10)24-2)13(20)16-15-18-17-14(26-15)12-4-3-5-25-12/h3-7H,1-2H3,(H,16,18,20). The summed E-state index contributed by atoms with van der Waals surface area (Å²) in [6.45, 7) is 0. The van der Waals surface area contributed by atoms with E-state index in [4.69, 9.17) is 9.47 Å². The summed E-state index contributed by atoms with van der Waals surface area (Å²) in [6.07, 6.45) is 0. The lowest BCUT2D eigenvalue weighted by Gasteiger charge is -2.10. The number of nitro benzene ring substituents is 1. The number of nitrogens with one attached hydrogen (secondary N) is 1. The van der Waals surface area contributed by atoms with Crippen LogP contribution in [0.3, 0.4) is 0 Å². The van der Waals surface area contributed by atoms with E-state index in [9.17, 15) is 14.9 Å². The molecule has 0 atom stereocenters. The minimum absolute atomic E-state index is 0.159. The highest BCUT2D eigenvalue weighted by Crippen LogP contribution is 2.35. The molecule has 11 heteroatoms. The average molecular weight is 392 g/mol. The van der Waals surface area contributed by atoms with Gasteiger partial charge in [-0.2, -0.15) is 0 Å². The minimum atomic E-state index is -0.688. The SMILES string of the molecule is COc1cc(C(=O)Nc2nnc(-c3cccs3)s2)c([N+](=O)[O-])cc1OC. The number of ether oxygens (including phenoxy) is 2. The van der Waals surface area contributed by atoms with Crippen LogP contribution in [0.4, 0.5) is 10.8 Å². The second kappa shape index (κ2) is 7.45. The molecule has 0 saturated heterocycles. The molecule has 0 aliphatic heterocycles. The zero-order valence-corrected chi connectivity index (χ0v) is 15.2. The second-order valence-electron chi connectivity index (χ2n) is 4.83. The van der Waals surface area contributed by atoms with Gasteiger partial charge in [-0.25, -0.2) is 0 Å². The molecule has 1 aromatic carbocycles. The van der Waals surface area contributed by atoms with Crippen LogP contribution in [0.25, 0.3) is 9.88 Å². The number of benzene rings is 1. The molecule has 3 rings (SSSR count). The van der Waals surface area contributed by atoms with Crippen LogP contribution in [0.1, 0.15) is 10.4 Å². The maximum Gasteiger partial charge on any atom is 0.286 e. The fourth-order valence-electron chi connectivity index (χ4n) is 2.14. The average Bonchev–Trinajstić information content (AvgIpc) is 3.31. The first-order valence-corrected chi connectivity index (χ1v) is 8.82. The van der Waals surface area contributed by atoms with Crippen LogP contribution in [0.15, 0.2) is 29.6 Å². The first kappa shape index (κ1) is 17.8. The number of anilines is 1. The second-order valence-corrected chi connectivity index (χ2v) is 6.75. The first-order valence-electron chi connectivity index (χ1n) is 7.12. The molecule has 0 aliphatic carbocycles. The van der Waals surface area contributed by atoms with E-state index in [0.29, 0.717) is 5.01 Å². The van der Waals surface area contributed by atoms with E-state index in [1.54, 1.807) is 0 Å². The number of rotatable bonds is 6. The van der Waals surface area contributed by atoms with Crippen molar-refractivity contribution in [2.24, 2.45) is 0 Å². The van der Waals surface area contributed by atoms with Crippen LogP contribution in [0.5, 0.6) is 11.5 Å². The van der Waals surface area contributed by atoms with Crippen LogP contribution in [0, 0.1) is 10.1 Å². The van der Waals surface area contributed by atoms with Crippen molar-refractivity contribution in [2.75, 3.05) is 19.5 Å². The van der Waals surface area contributed by atoms with Crippen molar-refractivity contribution in [3.8, 4) is 21.4 Å². The molecule has 0 unspecified atom stereocenters. The zero-order chi connectivity index (χ0) is 18.7. The highest BCUT2D eigenvalue weighted by molar-refractivity contribution is 7.23. The maximum atomic E-state index is 12.5. The Kier molecular flexibility index (Phi) is 5.09. The summed E-state index contributed by atoms with van der Waals surface area (Å²) in [5.74, 6) is -0.321. The quantitative estimate of drug-likeness (QED) is 0.504. The lowest BCUT2D eigenvalue weighted by Crippen LogP contribution is -2.14. The number of carbonyl (C=O) groups excluding carboxylic acids is 1. The van der Waals surface area contributed by atoms with Crippen molar-refractivity contribution < 1.29 is 19.2 Å². The Labute approximate surface area is 155 Å². The number of nitrogens with zero attached hydrogens (tertiary/aromatic N) is 3. The summed E-state index contributed by atoms with van der Waals surface area (Å²) in [5.41, 5.74) is -0.566. The van der Waals surface area contributed by atoms with E-state index in [2.05, 4.69) is 15.5 Å². The number of nitro groups is 1. The minimum Gasteiger partial charge on any atom is -0.493 e. The Bertz CT molecular complexity index is 955. The number of aromatic nitrogens is 2. The third-order valence-corrected chi connectivity index (χ3v) is 5.20. The van der Waals surface area contributed by atoms with Gasteiger partial charge in [-0.15, -0.1) is 21.5 Å². The van der Waals surface area contributed by atoms with E-state index < -0.39 is 16.5 Å². The highest BCUT2D eigenvalue weighted by atomic mass is 32.1. The van der Waals surface area contributed by atoms with E-state index >= 15 is 0 Å². The molecule has 2 heterocycles. The summed E-state index contributed by atoms with van der Waals surface area (Å²) in [4.78, 5) is 24.1. The van der Waals surface area contributed by atoms with Crippen LogP contribution in [-0.2, 0) is 0 Å². The molecule has 3 aromatic rings. The molecule has 0 bridgehead atoms. The van der Waals surface area contributed by atoms with Gasteiger partial charge in [0, 0.05) is 6.07 Å². The predicted molar refractivity (Wildman–Crippen MR) is 97.4 cm³/mol. The molecule has 9 nitrogen and oxygen atoms in total. The lowest BCUT2D eigenvalue weighted by atomic mass is 10.1. The van der Waals surface area contributed by atoms with Crippen LogP contribution >= 0.6 is 22.7 Å². The summed E-state index contributed by atoms with van der Waals surface area (Å²) in [5, 5.41) is 24.6. The summed E-state index contributed by atoms with van der Waals surface area (Å²) < 4.78 is 10.2. The summed E-state index contributed by atoms with van der Waals surface area (Å²) in [7, 11) is 2.73. The van der Waals surface area contributed by atoms with Gasteiger partial charge in [0.15, 0.2) is 16.5 Å². The van der Waals surface area contributed by atoms with Gasteiger partial charge in [0.05, 0.1) is 30.1 Å². The molecule has 26 heavy (non-hydrogen) atoms. The van der Waals surface area contributed by atoms with Gasteiger partial charge in [0.2, 0.25) is 5.13 Å². The number of thiophene rings is 1. The van der Waals surface area contributed by atoms with Crippen molar-refractivity contribution in [2.45, 2.75) is 0 Å². The molecule has 134 valence electrons. The zero-order valence-electron chi connectivity index (χ0n) is 13.6. The molecule has 2 aromatic heterocycles. The van der Waals surface area contributed by atoms with Gasteiger partial charge < -0.3 is 9.47 Å². The largest absolute Gasteiger partial charge is 0.493 e. The molecule has 1 amide bonds. The van der Waals surface area contributed by atoms with Crippen molar-refractivity contribution in [1.82, 2.24) is 10.2 Å². The van der Waals surface area contributed by atoms with Crippen LogP contribution in [0.2, 0.25) is 0 Å². The molecule has 0 aliphatic rings. The van der Waals surface area contributed by atoms with Gasteiger partial charge in [-0.3, -0.25) is 20.2 Å². The monoisotopic (exact) mass is 392 g/mol. The predicted octanol–water partition coefficient (Wildman–Crippen LogP) is 3.44. The highest BCUT2D eigenvalue weighted by Gasteiger charge is 2.25. The van der Waals surface area contributed by atoms with Crippen molar-refractivity contribution in [3.05, 3.63) is 45.3 Å². The Hall–Kier alpha value is -3.05. The van der Waals surface area contributed by atoms with E-state index in [1.807, 2.05) is 17.5 Å². The molecular formula is C15H12N4O5S2. The Balaban J connectivity index is 1.91. The topological polar surface area (TPSA) is 116 Å². The lowest BCUT2D eigenvalue weighted by molar-refractivity contribution is -0.385. The number of amides is 1. The Morgan fingerprint density at radius 1 is 1.23 bits per heavy atom. The van der Waals surface area contributed by atoms with E-state index in [1.165, 1.54) is 43.0 Å². The van der Waals surface area contributed by atoms with E-state index in [-0.39, 0.29) is 22.2 Å². The smallest absolute Gasteiger partial charge is 0.286 e. The molecule has 0 radical (unpaired) electrons. The molecular weight excluding hydrogens is 380 g/mol. The third kappa shape index (κ3) is 3.48. The summed E-state index contributed by atoms with van der Waals surface area (Å²) in [6, 6.07) is 6.17. The van der Waals surface area contributed by atoms with Crippen LogP contribution < -0.4 is 14.8 Å². The van der Waals surface area contributed by atoms with Gasteiger partial charge in [-0.05, 0) is 11.4 Å². The third-order valence-electron chi connectivity index (χ3n) is 3.32. The van der Waals surface area contributed by atoms with Crippen molar-refractivity contribution >= 4 is 39.4 Å². The van der Waals surface area contributed by atoms with Crippen molar-refractivity contribution in [3.63, 3.8) is 0 Å². The molecule has 0 spiro atoms. The fraction of sp³-hybridized carbons (Fsp3) is 0.133. The van der Waals surface area contributed by atoms with Gasteiger partial charge in [0.1, 0.15) is 5.56 Å². The normalized spacial score (nSPS) is 10.4.